The highest BCUT2D eigenvalue weighted by atomic mass is 19.1. The summed E-state index contributed by atoms with van der Waals surface area (Å²) in [7, 11) is 0. The van der Waals surface area contributed by atoms with Crippen LogP contribution in [0.5, 0.6) is 0 Å². The van der Waals surface area contributed by atoms with E-state index in [0.717, 1.165) is 0 Å². The number of hydrogen-bond acceptors (Lipinski definition) is 6. The van der Waals surface area contributed by atoms with Gasteiger partial charge in [-0.3, -0.25) is 9.78 Å². The second kappa shape index (κ2) is 7.84. The van der Waals surface area contributed by atoms with Gasteiger partial charge in [-0.2, -0.15) is 5.48 Å². The molecule has 2 aromatic heterocycles. The molecular formula is C19H11FN4O3. The Kier molecular flexibility index (Phi) is 5.14. The van der Waals surface area contributed by atoms with Gasteiger partial charge in [0, 0.05) is 18.0 Å². The van der Waals surface area contributed by atoms with Crippen molar-refractivity contribution >= 4 is 11.9 Å². The standard InChI is InChI=1S/C19H11FN4O3/c1-2-14-15(20)16(12-8-10-21-11-9-12)22-23-17(14)18(25)24-27-19(26)13-6-4-3-5-7-13/h1,3-11H,(H,24,25). The van der Waals surface area contributed by atoms with Crippen molar-refractivity contribution < 1.29 is 18.8 Å². The monoisotopic (exact) mass is 362 g/mol. The van der Waals surface area contributed by atoms with E-state index < -0.39 is 29.0 Å². The third-order valence-electron chi connectivity index (χ3n) is 3.47. The molecule has 0 unspecified atom stereocenters. The van der Waals surface area contributed by atoms with Crippen molar-refractivity contribution in [3.05, 3.63) is 77.5 Å². The molecule has 132 valence electrons. The van der Waals surface area contributed by atoms with E-state index in [1.165, 1.54) is 36.7 Å². The van der Waals surface area contributed by atoms with Crippen LogP contribution in [0.2, 0.25) is 0 Å². The number of hydrogen-bond donors (Lipinski definition) is 1. The van der Waals surface area contributed by atoms with Gasteiger partial charge in [-0.25, -0.2) is 9.18 Å². The largest absolute Gasteiger partial charge is 0.362 e. The number of nitrogens with one attached hydrogen (secondary N) is 1. The summed E-state index contributed by atoms with van der Waals surface area (Å²) in [6.45, 7) is 0. The molecule has 1 aromatic carbocycles. The number of aromatic nitrogens is 3. The number of nitrogens with zero attached hydrogens (tertiary/aromatic N) is 3. The Morgan fingerprint density at radius 1 is 1.07 bits per heavy atom. The van der Waals surface area contributed by atoms with Gasteiger partial charge in [-0.1, -0.05) is 24.1 Å². The lowest BCUT2D eigenvalue weighted by molar-refractivity contribution is 0.0227. The van der Waals surface area contributed by atoms with Crippen LogP contribution < -0.4 is 5.48 Å². The summed E-state index contributed by atoms with van der Waals surface area (Å²) >= 11 is 0. The summed E-state index contributed by atoms with van der Waals surface area (Å²) in [6, 6.07) is 11.0. The van der Waals surface area contributed by atoms with Crippen molar-refractivity contribution in [3.8, 4) is 23.6 Å². The van der Waals surface area contributed by atoms with E-state index in [1.807, 2.05) is 5.48 Å². The Bertz CT molecular complexity index is 1030. The molecule has 0 atom stereocenters. The van der Waals surface area contributed by atoms with E-state index >= 15 is 0 Å². The van der Waals surface area contributed by atoms with Crippen molar-refractivity contribution in [2.24, 2.45) is 0 Å². The summed E-state index contributed by atoms with van der Waals surface area (Å²) in [4.78, 5) is 32.6. The number of hydroxylamine groups is 1. The molecule has 0 aliphatic rings. The highest BCUT2D eigenvalue weighted by Crippen LogP contribution is 2.22. The average Bonchev–Trinajstić information content (AvgIpc) is 2.72. The molecule has 0 aliphatic heterocycles. The topological polar surface area (TPSA) is 94.1 Å². The Hall–Kier alpha value is -4.12. The van der Waals surface area contributed by atoms with Crippen LogP contribution in [0.3, 0.4) is 0 Å². The van der Waals surface area contributed by atoms with Crippen LogP contribution in [-0.2, 0) is 4.84 Å². The number of amides is 1. The van der Waals surface area contributed by atoms with Gasteiger partial charge in [0.1, 0.15) is 5.69 Å². The maximum absolute atomic E-state index is 14.7. The zero-order chi connectivity index (χ0) is 19.2. The van der Waals surface area contributed by atoms with Gasteiger partial charge in [0.15, 0.2) is 11.5 Å². The van der Waals surface area contributed by atoms with Crippen LogP contribution >= 0.6 is 0 Å². The zero-order valence-electron chi connectivity index (χ0n) is 13.7. The van der Waals surface area contributed by atoms with Crippen LogP contribution in [0.15, 0.2) is 54.9 Å². The van der Waals surface area contributed by atoms with Crippen LogP contribution in [0, 0.1) is 18.2 Å². The van der Waals surface area contributed by atoms with E-state index in [0.29, 0.717) is 5.56 Å². The number of benzene rings is 1. The SMILES string of the molecule is C#Cc1c(C(=O)NOC(=O)c2ccccc2)nnc(-c2ccncc2)c1F. The average molecular weight is 362 g/mol. The second-order valence-electron chi connectivity index (χ2n) is 5.15. The summed E-state index contributed by atoms with van der Waals surface area (Å²) in [5.74, 6) is -0.609. The van der Waals surface area contributed by atoms with Crippen LogP contribution in [0.25, 0.3) is 11.3 Å². The Labute approximate surface area is 153 Å². The number of carbonyl (C=O) groups excluding carboxylic acids is 2. The molecule has 7 nitrogen and oxygen atoms in total. The molecule has 0 fully saturated rings. The molecular weight excluding hydrogens is 351 g/mol. The summed E-state index contributed by atoms with van der Waals surface area (Å²) in [5, 5.41) is 7.39. The molecule has 8 heteroatoms. The highest BCUT2D eigenvalue weighted by molar-refractivity contribution is 5.96. The number of halogens is 1. The molecule has 1 amide bonds. The molecule has 3 rings (SSSR count). The molecule has 1 N–H and O–H groups in total. The van der Waals surface area contributed by atoms with Crippen LogP contribution in [0.1, 0.15) is 26.4 Å². The van der Waals surface area contributed by atoms with Gasteiger partial charge in [-0.15, -0.1) is 16.6 Å². The minimum absolute atomic E-state index is 0.122. The van der Waals surface area contributed by atoms with E-state index in [2.05, 4.69) is 21.1 Å². The molecule has 0 aliphatic carbocycles. The highest BCUT2D eigenvalue weighted by Gasteiger charge is 2.22. The Morgan fingerprint density at radius 3 is 2.44 bits per heavy atom. The van der Waals surface area contributed by atoms with E-state index in [1.54, 1.807) is 18.2 Å². The van der Waals surface area contributed by atoms with Crippen LogP contribution in [-0.4, -0.2) is 27.1 Å². The number of terminal acetylenes is 1. The lowest BCUT2D eigenvalue weighted by atomic mass is 10.1. The third-order valence-corrected chi connectivity index (χ3v) is 3.47. The number of pyridine rings is 1. The quantitative estimate of drug-likeness (QED) is 0.567. The van der Waals surface area contributed by atoms with Gasteiger partial charge in [0.2, 0.25) is 0 Å². The van der Waals surface area contributed by atoms with Gasteiger partial charge < -0.3 is 4.84 Å². The minimum atomic E-state index is -1.00. The first-order chi connectivity index (χ1) is 13.1. The van der Waals surface area contributed by atoms with Gasteiger partial charge in [0.05, 0.1) is 11.1 Å². The van der Waals surface area contributed by atoms with Crippen molar-refractivity contribution in [2.75, 3.05) is 0 Å². The zero-order valence-corrected chi connectivity index (χ0v) is 13.7. The predicted octanol–water partition coefficient (Wildman–Crippen LogP) is 2.16. The summed E-state index contributed by atoms with van der Waals surface area (Å²) in [6.07, 6.45) is 8.23. The van der Waals surface area contributed by atoms with Crippen molar-refractivity contribution in [1.82, 2.24) is 20.7 Å². The molecule has 0 saturated heterocycles. The smallest absolute Gasteiger partial charge is 0.335 e. The molecule has 0 bridgehead atoms. The van der Waals surface area contributed by atoms with E-state index in [9.17, 15) is 14.0 Å². The number of carbonyl (C=O) groups is 2. The van der Waals surface area contributed by atoms with Gasteiger partial charge in [0.25, 0.3) is 0 Å². The number of rotatable bonds is 3. The molecule has 0 radical (unpaired) electrons. The van der Waals surface area contributed by atoms with Gasteiger partial charge >= 0.3 is 11.9 Å². The molecule has 2 heterocycles. The van der Waals surface area contributed by atoms with Crippen molar-refractivity contribution in [2.45, 2.75) is 0 Å². The Balaban J connectivity index is 1.82. The normalized spacial score (nSPS) is 9.93. The first-order valence-corrected chi connectivity index (χ1v) is 7.61. The Morgan fingerprint density at radius 2 is 1.78 bits per heavy atom. The molecule has 27 heavy (non-hydrogen) atoms. The molecule has 0 saturated carbocycles. The predicted molar refractivity (Wildman–Crippen MR) is 92.5 cm³/mol. The second-order valence-corrected chi connectivity index (χ2v) is 5.15. The fourth-order valence-corrected chi connectivity index (χ4v) is 2.18. The van der Waals surface area contributed by atoms with Crippen LogP contribution in [0.4, 0.5) is 4.39 Å². The fraction of sp³-hybridized carbons (Fsp3) is 0. The maximum atomic E-state index is 14.7. The first-order valence-electron chi connectivity index (χ1n) is 7.61. The van der Waals surface area contributed by atoms with E-state index in [4.69, 9.17) is 11.3 Å². The molecule has 3 aromatic rings. The van der Waals surface area contributed by atoms with Crippen molar-refractivity contribution in [3.63, 3.8) is 0 Å². The van der Waals surface area contributed by atoms with Crippen molar-refractivity contribution in [1.29, 1.82) is 0 Å². The lowest BCUT2D eigenvalue weighted by Gasteiger charge is -2.09. The summed E-state index contributed by atoms with van der Waals surface area (Å²) in [5.41, 5.74) is 1.52. The van der Waals surface area contributed by atoms with Gasteiger partial charge in [-0.05, 0) is 24.3 Å². The minimum Gasteiger partial charge on any atom is -0.335 e. The third kappa shape index (κ3) is 3.77. The maximum Gasteiger partial charge on any atom is 0.362 e. The van der Waals surface area contributed by atoms with E-state index in [-0.39, 0.29) is 11.3 Å². The molecule has 0 spiro atoms. The summed E-state index contributed by atoms with van der Waals surface area (Å²) < 4.78 is 14.7. The first kappa shape index (κ1) is 17.7. The lowest BCUT2D eigenvalue weighted by Crippen LogP contribution is -2.29. The fourth-order valence-electron chi connectivity index (χ4n) is 2.18.